The Labute approximate surface area is 116 Å². The lowest BCUT2D eigenvalue weighted by Crippen LogP contribution is -2.44. The number of carboxylic acids is 1. The zero-order valence-electron chi connectivity index (χ0n) is 10.6. The van der Waals surface area contributed by atoms with Crippen LogP contribution in [0.15, 0.2) is 29.2 Å². The number of carboxylic acid groups (broad SMARTS) is 1. The van der Waals surface area contributed by atoms with E-state index in [9.17, 15) is 13.2 Å². The van der Waals surface area contributed by atoms with Crippen LogP contribution in [0.25, 0.3) is 0 Å². The van der Waals surface area contributed by atoms with E-state index in [0.29, 0.717) is 0 Å². The van der Waals surface area contributed by atoms with Gasteiger partial charge in [0.05, 0.1) is 10.3 Å². The van der Waals surface area contributed by atoms with E-state index in [1.165, 1.54) is 23.9 Å². The molecule has 1 aliphatic rings. The summed E-state index contributed by atoms with van der Waals surface area (Å²) < 4.78 is 26.1. The van der Waals surface area contributed by atoms with Crippen LogP contribution in [0.2, 0.25) is 0 Å². The Morgan fingerprint density at radius 3 is 2.47 bits per heavy atom. The van der Waals surface area contributed by atoms with Gasteiger partial charge in [-0.2, -0.15) is 4.31 Å². The lowest BCUT2D eigenvalue weighted by atomic mass is 10.2. The summed E-state index contributed by atoms with van der Waals surface area (Å²) in [6.45, 7) is 3.57. The molecule has 104 valence electrons. The van der Waals surface area contributed by atoms with E-state index in [4.69, 9.17) is 5.11 Å². The van der Waals surface area contributed by atoms with Gasteiger partial charge >= 0.3 is 5.97 Å². The number of thioether (sulfide) groups is 1. The topological polar surface area (TPSA) is 74.7 Å². The Morgan fingerprint density at radius 1 is 1.37 bits per heavy atom. The van der Waals surface area contributed by atoms with Crippen LogP contribution in [0.1, 0.15) is 12.5 Å². The predicted molar refractivity (Wildman–Crippen MR) is 73.5 cm³/mol. The van der Waals surface area contributed by atoms with Gasteiger partial charge in [-0.25, -0.2) is 8.42 Å². The maximum Gasteiger partial charge on any atom is 0.322 e. The van der Waals surface area contributed by atoms with Gasteiger partial charge in [-0.15, -0.1) is 11.8 Å². The van der Waals surface area contributed by atoms with Gasteiger partial charge in [0.25, 0.3) is 0 Å². The highest BCUT2D eigenvalue weighted by molar-refractivity contribution is 8.01. The summed E-state index contributed by atoms with van der Waals surface area (Å²) in [6, 6.07) is 5.44. The van der Waals surface area contributed by atoms with Gasteiger partial charge in [0.15, 0.2) is 0 Å². The smallest absolute Gasteiger partial charge is 0.322 e. The molecule has 0 amide bonds. The fourth-order valence-electron chi connectivity index (χ4n) is 2.01. The van der Waals surface area contributed by atoms with Crippen LogP contribution < -0.4 is 0 Å². The van der Waals surface area contributed by atoms with Crippen LogP contribution in [0.3, 0.4) is 0 Å². The third-order valence-electron chi connectivity index (χ3n) is 3.04. The Bertz CT molecular complexity index is 582. The van der Waals surface area contributed by atoms with E-state index in [1.54, 1.807) is 19.1 Å². The zero-order chi connectivity index (χ0) is 14.2. The molecule has 1 aromatic carbocycles. The van der Waals surface area contributed by atoms with Crippen LogP contribution in [-0.4, -0.2) is 41.0 Å². The van der Waals surface area contributed by atoms with Gasteiger partial charge in [0.1, 0.15) is 6.04 Å². The number of carbonyl (C=O) groups is 1. The summed E-state index contributed by atoms with van der Waals surface area (Å²) in [5, 5.41) is 8.77. The molecule has 0 aromatic heterocycles. The lowest BCUT2D eigenvalue weighted by Gasteiger charge is -2.24. The molecule has 1 aromatic rings. The number of hydrogen-bond donors (Lipinski definition) is 1. The number of sulfonamides is 1. The van der Waals surface area contributed by atoms with Crippen molar-refractivity contribution >= 4 is 27.8 Å². The van der Waals surface area contributed by atoms with Crippen LogP contribution >= 0.6 is 11.8 Å². The number of benzene rings is 1. The van der Waals surface area contributed by atoms with Gasteiger partial charge in [-0.3, -0.25) is 4.79 Å². The first-order valence-electron chi connectivity index (χ1n) is 5.78. The normalized spacial score (nSPS) is 24.5. The molecule has 0 spiro atoms. The fourth-order valence-corrected chi connectivity index (χ4v) is 5.29. The second-order valence-corrected chi connectivity index (χ2v) is 7.63. The Kier molecular flexibility index (Phi) is 3.89. The largest absolute Gasteiger partial charge is 0.480 e. The van der Waals surface area contributed by atoms with E-state index in [0.717, 1.165) is 9.87 Å². The van der Waals surface area contributed by atoms with Crippen molar-refractivity contribution in [2.45, 2.75) is 30.2 Å². The molecule has 1 aliphatic heterocycles. The minimum absolute atomic E-state index is 0.138. The summed E-state index contributed by atoms with van der Waals surface area (Å²) >= 11 is 1.33. The predicted octanol–water partition coefficient (Wildman–Crippen LogP) is 1.53. The van der Waals surface area contributed by atoms with Crippen molar-refractivity contribution in [1.82, 2.24) is 4.31 Å². The minimum Gasteiger partial charge on any atom is -0.480 e. The standard InChI is InChI=1S/C12H15NO4S2/c1-8-3-5-10(6-4-8)19(16,17)13-9(2)18-7-11(13)12(14)15/h3-6,9,11H,7H2,1-2H3,(H,14,15). The zero-order valence-corrected chi connectivity index (χ0v) is 12.2. The van der Waals surface area contributed by atoms with Gasteiger partial charge in [0.2, 0.25) is 10.0 Å². The monoisotopic (exact) mass is 301 g/mol. The molecule has 0 bridgehead atoms. The minimum atomic E-state index is -3.77. The SMILES string of the molecule is Cc1ccc(S(=O)(=O)N2C(C)SCC2C(=O)O)cc1. The summed E-state index contributed by atoms with van der Waals surface area (Å²) in [4.78, 5) is 11.3. The molecular weight excluding hydrogens is 286 g/mol. The number of aliphatic carboxylic acids is 1. The van der Waals surface area contributed by atoms with Gasteiger partial charge in [0, 0.05) is 5.75 Å². The molecule has 2 unspecified atom stereocenters. The first-order chi connectivity index (χ1) is 8.84. The summed E-state index contributed by atoms with van der Waals surface area (Å²) in [7, 11) is -3.77. The van der Waals surface area contributed by atoms with Crippen molar-refractivity contribution in [2.75, 3.05) is 5.75 Å². The van der Waals surface area contributed by atoms with Crippen molar-refractivity contribution in [2.24, 2.45) is 0 Å². The average molecular weight is 301 g/mol. The average Bonchev–Trinajstić information content (AvgIpc) is 2.72. The van der Waals surface area contributed by atoms with E-state index in [2.05, 4.69) is 0 Å². The van der Waals surface area contributed by atoms with E-state index in [1.807, 2.05) is 6.92 Å². The van der Waals surface area contributed by atoms with E-state index < -0.39 is 22.0 Å². The van der Waals surface area contributed by atoms with Gasteiger partial charge in [-0.05, 0) is 26.0 Å². The molecule has 0 radical (unpaired) electrons. The Morgan fingerprint density at radius 2 is 1.95 bits per heavy atom. The highest BCUT2D eigenvalue weighted by atomic mass is 32.2. The maximum absolute atomic E-state index is 12.5. The van der Waals surface area contributed by atoms with E-state index in [-0.39, 0.29) is 16.0 Å². The molecule has 5 nitrogen and oxygen atoms in total. The molecule has 2 atom stereocenters. The second kappa shape index (κ2) is 5.15. The van der Waals surface area contributed by atoms with E-state index >= 15 is 0 Å². The van der Waals surface area contributed by atoms with Crippen molar-refractivity contribution in [3.05, 3.63) is 29.8 Å². The second-order valence-electron chi connectivity index (χ2n) is 4.43. The number of rotatable bonds is 3. The number of aryl methyl sites for hydroxylation is 1. The third-order valence-corrected chi connectivity index (χ3v) is 6.39. The highest BCUT2D eigenvalue weighted by Gasteiger charge is 2.44. The lowest BCUT2D eigenvalue weighted by molar-refractivity contribution is -0.140. The molecule has 19 heavy (non-hydrogen) atoms. The third kappa shape index (κ3) is 2.63. The maximum atomic E-state index is 12.5. The van der Waals surface area contributed by atoms with Crippen molar-refractivity contribution in [1.29, 1.82) is 0 Å². The van der Waals surface area contributed by atoms with Crippen LogP contribution in [0, 0.1) is 6.92 Å². The molecule has 1 saturated heterocycles. The van der Waals surface area contributed by atoms with Crippen molar-refractivity contribution in [3.8, 4) is 0 Å². The quantitative estimate of drug-likeness (QED) is 0.916. The molecular formula is C12H15NO4S2. The molecule has 7 heteroatoms. The Hall–Kier alpha value is -1.05. The van der Waals surface area contributed by atoms with Crippen molar-refractivity contribution in [3.63, 3.8) is 0 Å². The van der Waals surface area contributed by atoms with Gasteiger partial charge in [-0.1, -0.05) is 17.7 Å². The highest BCUT2D eigenvalue weighted by Crippen LogP contribution is 2.34. The molecule has 0 aliphatic carbocycles. The summed E-state index contributed by atoms with van der Waals surface area (Å²) in [6.07, 6.45) is 0. The Balaban J connectivity index is 2.43. The summed E-state index contributed by atoms with van der Waals surface area (Å²) in [5.74, 6) is -0.825. The molecule has 1 heterocycles. The number of nitrogens with zero attached hydrogens (tertiary/aromatic N) is 1. The van der Waals surface area contributed by atoms with Crippen LogP contribution in [-0.2, 0) is 14.8 Å². The van der Waals surface area contributed by atoms with Crippen LogP contribution in [0.5, 0.6) is 0 Å². The summed E-state index contributed by atoms with van der Waals surface area (Å²) in [5.41, 5.74) is 0.956. The molecule has 0 saturated carbocycles. The van der Waals surface area contributed by atoms with Crippen LogP contribution in [0.4, 0.5) is 0 Å². The number of hydrogen-bond acceptors (Lipinski definition) is 4. The fraction of sp³-hybridized carbons (Fsp3) is 0.417. The first-order valence-corrected chi connectivity index (χ1v) is 8.27. The molecule has 1 fully saturated rings. The first kappa shape index (κ1) is 14.4. The molecule has 1 N–H and O–H groups in total. The van der Waals surface area contributed by atoms with Crippen molar-refractivity contribution < 1.29 is 18.3 Å². The molecule has 2 rings (SSSR count). The van der Waals surface area contributed by atoms with Gasteiger partial charge < -0.3 is 5.11 Å².